The number of benzene rings is 1. The first kappa shape index (κ1) is 19.0. The van der Waals surface area contributed by atoms with E-state index in [9.17, 15) is 13.2 Å². The molecule has 0 saturated heterocycles. The molecular weight excluding hydrogens is 348 g/mol. The molecule has 0 spiro atoms. The van der Waals surface area contributed by atoms with Crippen LogP contribution in [0.4, 0.5) is 5.69 Å². The smallest absolute Gasteiger partial charge is 0.340 e. The van der Waals surface area contributed by atoms with E-state index in [0.717, 1.165) is 0 Å². The number of hydrogen-bond acceptors (Lipinski definition) is 7. The van der Waals surface area contributed by atoms with Crippen molar-refractivity contribution in [2.75, 3.05) is 25.1 Å². The van der Waals surface area contributed by atoms with Crippen LogP contribution in [0.2, 0.25) is 0 Å². The molecule has 0 aliphatic carbocycles. The summed E-state index contributed by atoms with van der Waals surface area (Å²) in [6, 6.07) is 7.47. The van der Waals surface area contributed by atoms with Gasteiger partial charge in [0.25, 0.3) is 0 Å². The van der Waals surface area contributed by atoms with Gasteiger partial charge in [0.2, 0.25) is 10.0 Å². The van der Waals surface area contributed by atoms with Crippen LogP contribution in [0.5, 0.6) is 0 Å². The highest BCUT2D eigenvalue weighted by atomic mass is 32.2. The fourth-order valence-corrected chi connectivity index (χ4v) is 2.57. The van der Waals surface area contributed by atoms with Crippen molar-refractivity contribution >= 4 is 21.7 Å². The minimum atomic E-state index is -3.94. The van der Waals surface area contributed by atoms with E-state index < -0.39 is 16.0 Å². The second kappa shape index (κ2) is 8.65. The molecule has 1 aromatic heterocycles. The fraction of sp³-hybridized carbons (Fsp3) is 0.312. The highest BCUT2D eigenvalue weighted by molar-refractivity contribution is 7.89. The third-order valence-corrected chi connectivity index (χ3v) is 4.15. The van der Waals surface area contributed by atoms with Crippen molar-refractivity contribution in [3.05, 3.63) is 47.9 Å². The molecule has 9 heteroatoms. The van der Waals surface area contributed by atoms with Crippen molar-refractivity contribution in [1.82, 2.24) is 0 Å². The first-order chi connectivity index (χ1) is 11.9. The molecular formula is C16H20N2O6S. The summed E-state index contributed by atoms with van der Waals surface area (Å²) in [6.07, 6.45) is 1.53. The van der Waals surface area contributed by atoms with Gasteiger partial charge in [-0.3, -0.25) is 0 Å². The fourth-order valence-electron chi connectivity index (χ4n) is 2.03. The molecule has 2 aromatic rings. The van der Waals surface area contributed by atoms with E-state index in [-0.39, 0.29) is 23.7 Å². The van der Waals surface area contributed by atoms with Crippen LogP contribution in [0, 0.1) is 0 Å². The number of hydrogen-bond donors (Lipinski definition) is 2. The van der Waals surface area contributed by atoms with Crippen LogP contribution in [0.1, 0.15) is 23.0 Å². The minimum absolute atomic E-state index is 0.0594. The van der Waals surface area contributed by atoms with Gasteiger partial charge in [0.15, 0.2) is 0 Å². The molecule has 2 rings (SSSR count). The Hall–Kier alpha value is -2.36. The second-order valence-corrected chi connectivity index (χ2v) is 6.58. The molecule has 1 heterocycles. The Bertz CT molecular complexity index is 802. The zero-order valence-corrected chi connectivity index (χ0v) is 14.5. The Kier molecular flexibility index (Phi) is 6.57. The Balaban J connectivity index is 2.19. The molecule has 3 N–H and O–H groups in total. The van der Waals surface area contributed by atoms with Gasteiger partial charge in [-0.05, 0) is 37.3 Å². The van der Waals surface area contributed by atoms with Crippen LogP contribution >= 0.6 is 0 Å². The normalized spacial score (nSPS) is 11.3. The number of nitrogens with one attached hydrogen (secondary N) is 1. The van der Waals surface area contributed by atoms with Crippen molar-refractivity contribution in [3.63, 3.8) is 0 Å². The Labute approximate surface area is 146 Å². The maximum atomic E-state index is 12.3. The molecule has 25 heavy (non-hydrogen) atoms. The van der Waals surface area contributed by atoms with E-state index in [0.29, 0.717) is 24.6 Å². The maximum Gasteiger partial charge on any atom is 0.340 e. The van der Waals surface area contributed by atoms with E-state index in [1.165, 1.54) is 24.5 Å². The van der Waals surface area contributed by atoms with Gasteiger partial charge >= 0.3 is 5.97 Å². The molecule has 0 aliphatic heterocycles. The highest BCUT2D eigenvalue weighted by Gasteiger charge is 2.18. The molecule has 136 valence electrons. The Morgan fingerprint density at radius 1 is 1.28 bits per heavy atom. The third kappa shape index (κ3) is 5.59. The number of ether oxygens (including phenoxy) is 2. The van der Waals surface area contributed by atoms with E-state index in [1.54, 1.807) is 12.1 Å². The summed E-state index contributed by atoms with van der Waals surface area (Å²) in [6.45, 7) is 2.97. The van der Waals surface area contributed by atoms with Gasteiger partial charge in [-0.2, -0.15) is 0 Å². The van der Waals surface area contributed by atoms with Crippen LogP contribution in [0.3, 0.4) is 0 Å². The summed E-state index contributed by atoms with van der Waals surface area (Å²) in [7, 11) is -3.94. The Morgan fingerprint density at radius 3 is 2.72 bits per heavy atom. The molecule has 1 aromatic carbocycles. The van der Waals surface area contributed by atoms with Gasteiger partial charge in [-0.25, -0.2) is 18.4 Å². The largest absolute Gasteiger partial charge is 0.467 e. The van der Waals surface area contributed by atoms with Crippen molar-refractivity contribution in [2.45, 2.75) is 18.4 Å². The predicted molar refractivity (Wildman–Crippen MR) is 90.6 cm³/mol. The Morgan fingerprint density at radius 2 is 2.08 bits per heavy atom. The second-order valence-electron chi connectivity index (χ2n) is 5.02. The number of carbonyl (C=O) groups excluding carboxylic acids is 1. The van der Waals surface area contributed by atoms with Gasteiger partial charge in [-0.15, -0.1) is 0 Å². The summed E-state index contributed by atoms with van der Waals surface area (Å²) in [5.41, 5.74) is 0.472. The van der Waals surface area contributed by atoms with Crippen LogP contribution in [-0.4, -0.2) is 34.2 Å². The number of nitrogens with two attached hydrogens (primary N) is 1. The van der Waals surface area contributed by atoms with E-state index in [2.05, 4.69) is 5.32 Å². The third-order valence-electron chi connectivity index (χ3n) is 3.24. The zero-order chi connectivity index (χ0) is 18.3. The molecule has 0 unspecified atom stereocenters. The van der Waals surface area contributed by atoms with E-state index in [4.69, 9.17) is 19.0 Å². The number of primary sulfonamides is 1. The van der Waals surface area contributed by atoms with Gasteiger partial charge in [-0.1, -0.05) is 0 Å². The topological polar surface area (TPSA) is 121 Å². The number of rotatable bonds is 9. The molecule has 8 nitrogen and oxygen atoms in total. The zero-order valence-electron chi connectivity index (χ0n) is 13.7. The summed E-state index contributed by atoms with van der Waals surface area (Å²) >= 11 is 0. The molecule has 0 bridgehead atoms. The van der Waals surface area contributed by atoms with Crippen LogP contribution in [-0.2, 0) is 26.0 Å². The molecule has 0 fully saturated rings. The van der Waals surface area contributed by atoms with Gasteiger partial charge < -0.3 is 19.2 Å². The lowest BCUT2D eigenvalue weighted by Gasteiger charge is -2.12. The lowest BCUT2D eigenvalue weighted by atomic mass is 10.1. The quantitative estimate of drug-likeness (QED) is 0.511. The average Bonchev–Trinajstić information content (AvgIpc) is 3.09. The van der Waals surface area contributed by atoms with Crippen molar-refractivity contribution < 1.29 is 27.1 Å². The summed E-state index contributed by atoms with van der Waals surface area (Å²) in [5, 5.41) is 8.15. The average molecular weight is 368 g/mol. The lowest BCUT2D eigenvalue weighted by molar-refractivity contribution is 0.0336. The number of sulfonamides is 1. The summed E-state index contributed by atoms with van der Waals surface area (Å²) in [4.78, 5) is 12.1. The number of esters is 1. The van der Waals surface area contributed by atoms with Crippen molar-refractivity contribution in [3.8, 4) is 0 Å². The van der Waals surface area contributed by atoms with E-state index in [1.807, 2.05) is 6.92 Å². The standard InChI is InChI=1S/C16H20N2O6S/c1-2-22-8-9-24-16(19)14-10-13(25(17,20)21)5-6-15(14)18-11-12-4-3-7-23-12/h3-7,10,18H,2,8-9,11H2,1H3,(H2,17,20,21). The van der Waals surface area contributed by atoms with Gasteiger partial charge in [0.05, 0.1) is 29.9 Å². The molecule has 0 aliphatic rings. The number of anilines is 1. The minimum Gasteiger partial charge on any atom is -0.467 e. The predicted octanol–water partition coefficient (Wildman–Crippen LogP) is 1.73. The first-order valence-electron chi connectivity index (χ1n) is 7.59. The highest BCUT2D eigenvalue weighted by Crippen LogP contribution is 2.22. The number of carbonyl (C=O) groups is 1. The van der Waals surface area contributed by atoms with Crippen molar-refractivity contribution in [1.29, 1.82) is 0 Å². The lowest BCUT2D eigenvalue weighted by Crippen LogP contribution is -2.16. The molecule has 0 radical (unpaired) electrons. The van der Waals surface area contributed by atoms with Gasteiger partial charge in [0.1, 0.15) is 12.4 Å². The molecule has 0 amide bonds. The van der Waals surface area contributed by atoms with Crippen LogP contribution < -0.4 is 10.5 Å². The first-order valence-corrected chi connectivity index (χ1v) is 9.14. The van der Waals surface area contributed by atoms with Crippen LogP contribution in [0.25, 0.3) is 0 Å². The SMILES string of the molecule is CCOCCOC(=O)c1cc(S(N)(=O)=O)ccc1NCc1ccco1. The van der Waals surface area contributed by atoms with Crippen LogP contribution in [0.15, 0.2) is 45.9 Å². The monoisotopic (exact) mass is 368 g/mol. The number of furan rings is 1. The van der Waals surface area contributed by atoms with Gasteiger partial charge in [0, 0.05) is 12.3 Å². The summed E-state index contributed by atoms with van der Waals surface area (Å²) in [5.74, 6) is -0.0154. The molecule has 0 atom stereocenters. The summed E-state index contributed by atoms with van der Waals surface area (Å²) < 4.78 is 38.5. The van der Waals surface area contributed by atoms with Crippen molar-refractivity contribution in [2.24, 2.45) is 5.14 Å². The molecule has 0 saturated carbocycles. The maximum absolute atomic E-state index is 12.3. The van der Waals surface area contributed by atoms with E-state index >= 15 is 0 Å².